The SMILES string of the molecule is CN1CCN(C)P12=N[S@](=O)(Cl)=N[S@](=O)(Cl)=N2. The Bertz CT molecular complexity index is 588. The Morgan fingerprint density at radius 2 is 1.62 bits per heavy atom. The molecule has 0 amide bonds. The predicted octanol–water partition coefficient (Wildman–Crippen LogP) is 1.90. The molecule has 16 heavy (non-hydrogen) atoms. The molecule has 0 unspecified atom stereocenters. The second-order valence-electron chi connectivity index (χ2n) is 3.40. The van der Waals surface area contributed by atoms with E-state index in [-0.39, 0.29) is 0 Å². The van der Waals surface area contributed by atoms with E-state index in [1.807, 2.05) is 0 Å². The smallest absolute Gasteiger partial charge is 0.240 e. The summed E-state index contributed by atoms with van der Waals surface area (Å²) in [6.45, 7) is 1.35. The predicted molar refractivity (Wildman–Crippen MR) is 67.5 cm³/mol. The molecule has 0 aromatic carbocycles. The molecular weight excluding hydrogens is 316 g/mol. The zero-order valence-electron chi connectivity index (χ0n) is 8.49. The van der Waals surface area contributed by atoms with Crippen LogP contribution in [0, 0.1) is 0 Å². The van der Waals surface area contributed by atoms with Crippen LogP contribution in [0.15, 0.2) is 12.1 Å². The molecule has 0 radical (unpaired) electrons. The summed E-state index contributed by atoms with van der Waals surface area (Å²) in [5.74, 6) is 0. The molecule has 0 bridgehead atoms. The Morgan fingerprint density at radius 3 is 2.06 bits per heavy atom. The fraction of sp³-hybridized carbons (Fsp3) is 1.00. The standard InChI is InChI=1S/C4H10Cl2N5O2PS2/c1-10-3-4-11(2)14(10)7-15(5,12)9-16(6,13)8-14/h3-4H2,1-2H3/t15-,16+. The van der Waals surface area contributed by atoms with Gasteiger partial charge in [-0.15, -0.1) is 8.28 Å². The minimum atomic E-state index is -3.41. The van der Waals surface area contributed by atoms with Gasteiger partial charge < -0.3 is 0 Å². The van der Waals surface area contributed by atoms with Crippen LogP contribution in [0.1, 0.15) is 0 Å². The molecule has 12 heteroatoms. The molecule has 2 aliphatic rings. The second-order valence-corrected chi connectivity index (χ2v) is 11.9. The van der Waals surface area contributed by atoms with Crippen molar-refractivity contribution in [3.8, 4) is 0 Å². The first-order valence-corrected chi connectivity index (χ1v) is 10.4. The van der Waals surface area contributed by atoms with E-state index in [0.29, 0.717) is 13.1 Å². The summed E-state index contributed by atoms with van der Waals surface area (Å²) in [6.07, 6.45) is 0. The maximum atomic E-state index is 11.8. The normalized spacial score (nSPS) is 43.8. The molecule has 1 saturated heterocycles. The van der Waals surface area contributed by atoms with Gasteiger partial charge in [0.25, 0.3) is 18.3 Å². The van der Waals surface area contributed by atoms with E-state index >= 15 is 0 Å². The van der Waals surface area contributed by atoms with Crippen LogP contribution in [0.5, 0.6) is 0 Å². The number of hydrogen-bond acceptors (Lipinski definition) is 5. The maximum Gasteiger partial charge on any atom is 0.254 e. The van der Waals surface area contributed by atoms with Crippen LogP contribution >= 0.6 is 28.9 Å². The van der Waals surface area contributed by atoms with Gasteiger partial charge in [0.15, 0.2) is 0 Å². The summed E-state index contributed by atoms with van der Waals surface area (Å²) in [6, 6.07) is 0. The molecular formula is C4H10Cl2N5O2PS2. The maximum absolute atomic E-state index is 11.8. The molecule has 94 valence electrons. The molecule has 0 saturated carbocycles. The largest absolute Gasteiger partial charge is 0.254 e. The molecule has 2 atom stereocenters. The van der Waals surface area contributed by atoms with E-state index in [1.54, 1.807) is 23.4 Å². The zero-order chi connectivity index (χ0) is 12.2. The van der Waals surface area contributed by atoms with Crippen molar-refractivity contribution in [2.24, 2.45) is 12.1 Å². The van der Waals surface area contributed by atoms with Crippen molar-refractivity contribution < 1.29 is 8.42 Å². The number of likely N-dealkylation sites (N-methyl/N-ethyl adjacent to an activating group) is 2. The molecule has 0 aromatic rings. The van der Waals surface area contributed by atoms with Crippen LogP contribution in [-0.2, 0) is 18.3 Å². The number of rotatable bonds is 0. The van der Waals surface area contributed by atoms with Crippen molar-refractivity contribution in [3.63, 3.8) is 0 Å². The zero-order valence-corrected chi connectivity index (χ0v) is 12.5. The molecule has 1 fully saturated rings. The highest BCUT2D eigenvalue weighted by Crippen LogP contribution is 2.63. The van der Waals surface area contributed by atoms with E-state index in [0.717, 1.165) is 0 Å². The lowest BCUT2D eigenvalue weighted by Gasteiger charge is -2.27. The molecule has 0 aliphatic carbocycles. The van der Waals surface area contributed by atoms with Crippen LogP contribution in [0.3, 0.4) is 0 Å². The van der Waals surface area contributed by atoms with Gasteiger partial charge in [0.1, 0.15) is 0 Å². The van der Waals surface area contributed by atoms with Crippen LogP contribution < -0.4 is 0 Å². The highest BCUT2D eigenvalue weighted by molar-refractivity contribution is 8.27. The summed E-state index contributed by atoms with van der Waals surface area (Å²) >= 11 is 0. The van der Waals surface area contributed by atoms with Gasteiger partial charge in [-0.2, -0.15) is 0 Å². The van der Waals surface area contributed by atoms with Crippen LogP contribution in [0.2, 0.25) is 0 Å². The van der Waals surface area contributed by atoms with E-state index in [4.69, 9.17) is 21.4 Å². The highest BCUT2D eigenvalue weighted by atomic mass is 35.7. The Labute approximate surface area is 104 Å². The van der Waals surface area contributed by atoms with E-state index in [2.05, 4.69) is 12.1 Å². The van der Waals surface area contributed by atoms with Gasteiger partial charge >= 0.3 is 0 Å². The van der Waals surface area contributed by atoms with Gasteiger partial charge in [0.2, 0.25) is 7.51 Å². The summed E-state index contributed by atoms with van der Waals surface area (Å²) in [7, 11) is 5.24. The third-order valence-corrected chi connectivity index (χ3v) is 11.5. The number of nitrogens with zero attached hydrogens (tertiary/aromatic N) is 5. The Balaban J connectivity index is 2.83. The minimum Gasteiger partial charge on any atom is -0.240 e. The Hall–Kier alpha value is 0.630. The van der Waals surface area contributed by atoms with Crippen molar-refractivity contribution in [2.45, 2.75) is 0 Å². The summed E-state index contributed by atoms with van der Waals surface area (Å²) in [4.78, 5) is 0. The molecule has 1 spiro atoms. The molecule has 2 rings (SSSR count). The lowest BCUT2D eigenvalue weighted by molar-refractivity contribution is 0.553. The van der Waals surface area contributed by atoms with Crippen molar-refractivity contribution in [1.29, 1.82) is 0 Å². The van der Waals surface area contributed by atoms with Gasteiger partial charge in [-0.25, -0.2) is 17.8 Å². The summed E-state index contributed by atoms with van der Waals surface area (Å²) < 4.78 is 38.3. The molecule has 0 aromatic heterocycles. The van der Waals surface area contributed by atoms with Crippen molar-refractivity contribution in [3.05, 3.63) is 0 Å². The fourth-order valence-corrected chi connectivity index (χ4v) is 12.1. The summed E-state index contributed by atoms with van der Waals surface area (Å²) in [5, 5.41) is 0. The third-order valence-electron chi connectivity index (χ3n) is 2.27. The van der Waals surface area contributed by atoms with E-state index in [9.17, 15) is 8.42 Å². The first-order chi connectivity index (χ1) is 7.17. The minimum absolute atomic E-state index is 0.677. The van der Waals surface area contributed by atoms with E-state index < -0.39 is 25.8 Å². The van der Waals surface area contributed by atoms with Crippen molar-refractivity contribution >= 4 is 47.1 Å². The summed E-state index contributed by atoms with van der Waals surface area (Å²) in [5.41, 5.74) is 0. The Morgan fingerprint density at radius 1 is 1.12 bits per heavy atom. The average Bonchev–Trinajstić information content (AvgIpc) is 2.28. The lowest BCUT2D eigenvalue weighted by atomic mass is 10.6. The van der Waals surface area contributed by atoms with E-state index in [1.165, 1.54) is 0 Å². The number of hydrogen-bond donors (Lipinski definition) is 0. The van der Waals surface area contributed by atoms with Gasteiger partial charge in [-0.1, -0.05) is 3.77 Å². The Kier molecular flexibility index (Phi) is 3.11. The fourth-order valence-electron chi connectivity index (χ4n) is 1.50. The van der Waals surface area contributed by atoms with Crippen molar-refractivity contribution in [2.75, 3.05) is 27.2 Å². The van der Waals surface area contributed by atoms with Gasteiger partial charge in [0.05, 0.1) is 0 Å². The first kappa shape index (κ1) is 13.1. The second kappa shape index (κ2) is 3.81. The van der Waals surface area contributed by atoms with Gasteiger partial charge in [-0.3, -0.25) is 0 Å². The topological polar surface area (TPSA) is 77.7 Å². The molecule has 2 aliphatic heterocycles. The first-order valence-electron chi connectivity index (χ1n) is 4.20. The van der Waals surface area contributed by atoms with Crippen molar-refractivity contribution in [1.82, 2.24) is 9.34 Å². The number of halogens is 2. The molecule has 7 nitrogen and oxygen atoms in total. The van der Waals surface area contributed by atoms with Crippen LogP contribution in [-0.4, -0.2) is 44.9 Å². The average molecular weight is 326 g/mol. The van der Waals surface area contributed by atoms with Crippen LogP contribution in [0.25, 0.3) is 0 Å². The monoisotopic (exact) mass is 325 g/mol. The highest BCUT2D eigenvalue weighted by Gasteiger charge is 2.41. The molecule has 2 heterocycles. The van der Waals surface area contributed by atoms with Crippen LogP contribution in [0.4, 0.5) is 0 Å². The lowest BCUT2D eigenvalue weighted by Crippen LogP contribution is -2.15. The van der Waals surface area contributed by atoms with Gasteiger partial charge in [0, 0.05) is 34.5 Å². The van der Waals surface area contributed by atoms with Gasteiger partial charge in [-0.05, 0) is 14.1 Å². The molecule has 0 N–H and O–H groups in total. The third kappa shape index (κ3) is 2.14. The quantitative estimate of drug-likeness (QED) is 0.503.